The first-order chi connectivity index (χ1) is 11.4. The summed E-state index contributed by atoms with van der Waals surface area (Å²) in [4.78, 5) is 17.5. The molecule has 0 spiro atoms. The minimum atomic E-state index is -0.601. The second-order valence-corrected chi connectivity index (χ2v) is 5.68. The number of nitrogens with zero attached hydrogens (tertiary/aromatic N) is 3. The number of fused-ring (bicyclic) bond motifs is 1. The van der Waals surface area contributed by atoms with Crippen LogP contribution in [0.4, 0.5) is 4.39 Å². The molecule has 1 heterocycles. The summed E-state index contributed by atoms with van der Waals surface area (Å²) in [6.07, 6.45) is 0. The molecule has 3 rings (SSSR count). The van der Waals surface area contributed by atoms with Gasteiger partial charge in [-0.25, -0.2) is 9.37 Å². The van der Waals surface area contributed by atoms with Crippen molar-refractivity contribution < 1.29 is 4.39 Å². The van der Waals surface area contributed by atoms with Gasteiger partial charge in [-0.1, -0.05) is 12.1 Å². The van der Waals surface area contributed by atoms with Gasteiger partial charge < -0.3 is 5.73 Å². The molecule has 0 unspecified atom stereocenters. The normalized spacial score (nSPS) is 12.1. The molecule has 0 saturated heterocycles. The Morgan fingerprint density at radius 2 is 2.08 bits per heavy atom. The van der Waals surface area contributed by atoms with E-state index < -0.39 is 11.9 Å². The predicted octanol–water partition coefficient (Wildman–Crippen LogP) is 2.72. The minimum Gasteiger partial charge on any atom is -0.322 e. The van der Waals surface area contributed by atoms with Crippen LogP contribution in [0.2, 0.25) is 0 Å². The van der Waals surface area contributed by atoms with Gasteiger partial charge in [0.15, 0.2) is 0 Å². The van der Waals surface area contributed by atoms with Crippen molar-refractivity contribution in [1.82, 2.24) is 9.55 Å². The van der Waals surface area contributed by atoms with Crippen molar-refractivity contribution in [2.24, 2.45) is 5.73 Å². The van der Waals surface area contributed by atoms with Crippen LogP contribution < -0.4 is 11.3 Å². The molecule has 3 aromatic rings. The van der Waals surface area contributed by atoms with E-state index in [1.165, 1.54) is 16.7 Å². The van der Waals surface area contributed by atoms with Gasteiger partial charge in [0.1, 0.15) is 11.6 Å². The maximum atomic E-state index is 13.8. The smallest absolute Gasteiger partial charge is 0.266 e. The monoisotopic (exact) mass is 322 g/mol. The fourth-order valence-electron chi connectivity index (χ4n) is 2.74. The highest BCUT2D eigenvalue weighted by Crippen LogP contribution is 2.20. The van der Waals surface area contributed by atoms with Gasteiger partial charge in [0.05, 0.1) is 34.3 Å². The first kappa shape index (κ1) is 15.8. The molecule has 1 atom stereocenters. The molecule has 0 amide bonds. The lowest BCUT2D eigenvalue weighted by molar-refractivity contribution is 0.623. The van der Waals surface area contributed by atoms with Gasteiger partial charge in [-0.05, 0) is 43.7 Å². The SMILES string of the molecule is Cc1cccc2nc([C@H](C)N)n(-c3cc(F)cc(C#N)c3)c(=O)c12. The molecule has 2 N–H and O–H groups in total. The summed E-state index contributed by atoms with van der Waals surface area (Å²) in [6.45, 7) is 3.51. The second kappa shape index (κ2) is 5.87. The summed E-state index contributed by atoms with van der Waals surface area (Å²) >= 11 is 0. The number of nitriles is 1. The van der Waals surface area contributed by atoms with Gasteiger partial charge in [0.25, 0.3) is 5.56 Å². The van der Waals surface area contributed by atoms with Crippen LogP contribution in [0, 0.1) is 24.1 Å². The van der Waals surface area contributed by atoms with Crippen LogP contribution in [0.5, 0.6) is 0 Å². The molecule has 0 aliphatic rings. The first-order valence-electron chi connectivity index (χ1n) is 7.41. The van der Waals surface area contributed by atoms with E-state index in [2.05, 4.69) is 4.98 Å². The van der Waals surface area contributed by atoms with E-state index in [4.69, 9.17) is 11.0 Å². The molecule has 0 radical (unpaired) electrons. The summed E-state index contributed by atoms with van der Waals surface area (Å²) in [6, 6.07) is 10.5. The van der Waals surface area contributed by atoms with Crippen LogP contribution >= 0.6 is 0 Å². The van der Waals surface area contributed by atoms with E-state index in [1.54, 1.807) is 13.0 Å². The highest BCUT2D eigenvalue weighted by Gasteiger charge is 2.17. The molecule has 2 aromatic carbocycles. The Balaban J connectivity index is 2.47. The lowest BCUT2D eigenvalue weighted by Crippen LogP contribution is -2.28. The Labute approximate surface area is 137 Å². The third-order valence-corrected chi connectivity index (χ3v) is 3.81. The quantitative estimate of drug-likeness (QED) is 0.786. The molecular weight excluding hydrogens is 307 g/mol. The number of nitrogens with two attached hydrogens (primary N) is 1. The van der Waals surface area contributed by atoms with E-state index >= 15 is 0 Å². The molecule has 0 aliphatic heterocycles. The number of hydrogen-bond acceptors (Lipinski definition) is 4. The number of aromatic nitrogens is 2. The zero-order chi connectivity index (χ0) is 17.4. The summed E-state index contributed by atoms with van der Waals surface area (Å²) in [7, 11) is 0. The van der Waals surface area contributed by atoms with E-state index in [0.717, 1.165) is 11.6 Å². The summed E-state index contributed by atoms with van der Waals surface area (Å²) in [5.41, 5.74) is 7.32. The molecule has 0 aliphatic carbocycles. The van der Waals surface area contributed by atoms with Crippen LogP contribution in [-0.4, -0.2) is 9.55 Å². The predicted molar refractivity (Wildman–Crippen MR) is 89.4 cm³/mol. The van der Waals surface area contributed by atoms with Crippen molar-refractivity contribution in [2.75, 3.05) is 0 Å². The van der Waals surface area contributed by atoms with E-state index in [1.807, 2.05) is 25.1 Å². The summed E-state index contributed by atoms with van der Waals surface area (Å²) in [5.74, 6) is -0.288. The number of halogens is 1. The molecule has 5 nitrogen and oxygen atoms in total. The fourth-order valence-corrected chi connectivity index (χ4v) is 2.74. The number of rotatable bonds is 2. The van der Waals surface area contributed by atoms with Gasteiger partial charge in [0.2, 0.25) is 0 Å². The van der Waals surface area contributed by atoms with Crippen LogP contribution in [0.1, 0.15) is 29.9 Å². The topological polar surface area (TPSA) is 84.7 Å². The Kier molecular flexibility index (Phi) is 3.87. The Bertz CT molecular complexity index is 1050. The van der Waals surface area contributed by atoms with Crippen LogP contribution in [0.3, 0.4) is 0 Å². The highest BCUT2D eigenvalue weighted by molar-refractivity contribution is 5.81. The largest absolute Gasteiger partial charge is 0.322 e. The average molecular weight is 322 g/mol. The maximum Gasteiger partial charge on any atom is 0.266 e. The summed E-state index contributed by atoms with van der Waals surface area (Å²) < 4.78 is 15.1. The fraction of sp³-hybridized carbons (Fsp3) is 0.167. The van der Waals surface area contributed by atoms with Crippen molar-refractivity contribution in [2.45, 2.75) is 19.9 Å². The van der Waals surface area contributed by atoms with Crippen molar-refractivity contribution in [3.8, 4) is 11.8 Å². The lowest BCUT2D eigenvalue weighted by Gasteiger charge is -2.17. The molecule has 1 aromatic heterocycles. The molecule has 24 heavy (non-hydrogen) atoms. The lowest BCUT2D eigenvalue weighted by atomic mass is 10.1. The molecule has 120 valence electrons. The van der Waals surface area contributed by atoms with E-state index in [-0.39, 0.29) is 16.8 Å². The molecule has 0 saturated carbocycles. The second-order valence-electron chi connectivity index (χ2n) is 5.68. The van der Waals surface area contributed by atoms with Gasteiger partial charge in [-0.2, -0.15) is 5.26 Å². The number of benzene rings is 2. The van der Waals surface area contributed by atoms with Gasteiger partial charge >= 0.3 is 0 Å². The first-order valence-corrected chi connectivity index (χ1v) is 7.41. The standard InChI is InChI=1S/C18H15FN4O/c1-10-4-3-5-15-16(10)18(24)23(17(22-15)11(2)21)14-7-12(9-20)6-13(19)8-14/h3-8,11H,21H2,1-2H3/t11-/m0/s1. The van der Waals surface area contributed by atoms with E-state index in [9.17, 15) is 9.18 Å². The maximum absolute atomic E-state index is 13.8. The van der Waals surface area contributed by atoms with Gasteiger partial charge in [0, 0.05) is 0 Å². The van der Waals surface area contributed by atoms with Crippen molar-refractivity contribution in [1.29, 1.82) is 5.26 Å². The van der Waals surface area contributed by atoms with Gasteiger partial charge in [-0.3, -0.25) is 9.36 Å². The Hall–Kier alpha value is -3.04. The van der Waals surface area contributed by atoms with Crippen molar-refractivity contribution >= 4 is 10.9 Å². The van der Waals surface area contributed by atoms with Crippen LogP contribution in [-0.2, 0) is 0 Å². The number of hydrogen-bond donors (Lipinski definition) is 1. The Morgan fingerprint density at radius 3 is 2.75 bits per heavy atom. The minimum absolute atomic E-state index is 0.123. The zero-order valence-electron chi connectivity index (χ0n) is 13.2. The number of aryl methyl sites for hydroxylation is 1. The van der Waals surface area contributed by atoms with Gasteiger partial charge in [-0.15, -0.1) is 0 Å². The van der Waals surface area contributed by atoms with E-state index in [0.29, 0.717) is 16.7 Å². The molecule has 0 bridgehead atoms. The molecule has 6 heteroatoms. The average Bonchev–Trinajstić information content (AvgIpc) is 2.53. The third kappa shape index (κ3) is 2.55. The zero-order valence-corrected chi connectivity index (χ0v) is 13.2. The van der Waals surface area contributed by atoms with Crippen molar-refractivity contribution in [3.63, 3.8) is 0 Å². The molecular formula is C18H15FN4O. The Morgan fingerprint density at radius 1 is 1.33 bits per heavy atom. The summed E-state index contributed by atoms with van der Waals surface area (Å²) in [5, 5.41) is 9.50. The van der Waals surface area contributed by atoms with Crippen LogP contribution in [0.25, 0.3) is 16.6 Å². The molecule has 0 fully saturated rings. The highest BCUT2D eigenvalue weighted by atomic mass is 19.1. The van der Waals surface area contributed by atoms with Crippen LogP contribution in [0.15, 0.2) is 41.2 Å². The van der Waals surface area contributed by atoms with Crippen molar-refractivity contribution in [3.05, 3.63) is 69.5 Å². The third-order valence-electron chi connectivity index (χ3n) is 3.81.